The third kappa shape index (κ3) is 2.45. The highest BCUT2D eigenvalue weighted by Gasteiger charge is 2.10. The number of nitrogens with one attached hydrogen (secondary N) is 1. The molecule has 6 heteroatoms. The molecule has 1 aromatic carbocycles. The van der Waals surface area contributed by atoms with Gasteiger partial charge < -0.3 is 5.32 Å². The first-order valence-corrected chi connectivity index (χ1v) is 7.94. The zero-order chi connectivity index (χ0) is 14.3. The summed E-state index contributed by atoms with van der Waals surface area (Å²) in [6.45, 7) is 4.89. The molecule has 3 aromatic rings. The number of aryl methyl sites for hydroxylation is 2. The van der Waals surface area contributed by atoms with Crippen LogP contribution in [-0.2, 0) is 13.6 Å². The van der Waals surface area contributed by atoms with Gasteiger partial charge in [-0.05, 0) is 32.0 Å². The molecule has 0 aliphatic rings. The SMILES string of the molecule is Cc1nn(C)c(C)c1CNc1nc2cc(Br)ccc2s1. The molecule has 0 saturated heterocycles. The summed E-state index contributed by atoms with van der Waals surface area (Å²) in [5.41, 5.74) is 4.53. The van der Waals surface area contributed by atoms with Crippen molar-refractivity contribution in [2.45, 2.75) is 20.4 Å². The first kappa shape index (κ1) is 13.6. The summed E-state index contributed by atoms with van der Waals surface area (Å²) in [7, 11) is 1.97. The summed E-state index contributed by atoms with van der Waals surface area (Å²) in [6.07, 6.45) is 0. The highest BCUT2D eigenvalue weighted by atomic mass is 79.9. The van der Waals surface area contributed by atoms with E-state index in [1.807, 2.05) is 30.8 Å². The molecule has 3 rings (SSSR count). The topological polar surface area (TPSA) is 42.7 Å². The normalized spacial score (nSPS) is 11.2. The third-order valence-electron chi connectivity index (χ3n) is 3.42. The molecule has 2 aromatic heterocycles. The lowest BCUT2D eigenvalue weighted by Gasteiger charge is -2.03. The maximum Gasteiger partial charge on any atom is 0.184 e. The van der Waals surface area contributed by atoms with E-state index in [0.29, 0.717) is 0 Å². The Labute approximate surface area is 130 Å². The standard InChI is InChI=1S/C14H15BrN4S/c1-8-11(9(2)19(3)18-8)7-16-14-17-12-6-10(15)4-5-13(12)20-14/h4-6H,7H2,1-3H3,(H,16,17). The fourth-order valence-electron chi connectivity index (χ4n) is 2.21. The van der Waals surface area contributed by atoms with Gasteiger partial charge in [0.25, 0.3) is 0 Å². The van der Waals surface area contributed by atoms with Crippen molar-refractivity contribution in [3.05, 3.63) is 39.6 Å². The Morgan fingerprint density at radius 3 is 2.85 bits per heavy atom. The van der Waals surface area contributed by atoms with Crippen LogP contribution in [0.4, 0.5) is 5.13 Å². The van der Waals surface area contributed by atoms with Gasteiger partial charge in [-0.1, -0.05) is 27.3 Å². The number of halogens is 1. The number of anilines is 1. The Bertz CT molecular complexity index is 775. The van der Waals surface area contributed by atoms with E-state index in [4.69, 9.17) is 0 Å². The molecule has 0 atom stereocenters. The van der Waals surface area contributed by atoms with Crippen LogP contribution in [0.15, 0.2) is 22.7 Å². The summed E-state index contributed by atoms with van der Waals surface area (Å²) < 4.78 is 4.16. The minimum Gasteiger partial charge on any atom is -0.357 e. The van der Waals surface area contributed by atoms with Gasteiger partial charge in [-0.3, -0.25) is 4.68 Å². The van der Waals surface area contributed by atoms with E-state index in [0.717, 1.165) is 27.4 Å². The lowest BCUT2D eigenvalue weighted by molar-refractivity contribution is 0.730. The minimum absolute atomic E-state index is 0.756. The molecule has 2 heterocycles. The highest BCUT2D eigenvalue weighted by Crippen LogP contribution is 2.28. The largest absolute Gasteiger partial charge is 0.357 e. The fourth-order valence-corrected chi connectivity index (χ4v) is 3.40. The number of thiazole rings is 1. The van der Waals surface area contributed by atoms with Crippen LogP contribution >= 0.6 is 27.3 Å². The van der Waals surface area contributed by atoms with Crippen LogP contribution in [0.2, 0.25) is 0 Å². The van der Waals surface area contributed by atoms with Crippen molar-refractivity contribution in [3.8, 4) is 0 Å². The molecule has 0 spiro atoms. The summed E-state index contributed by atoms with van der Waals surface area (Å²) in [5, 5.41) is 8.78. The Kier molecular flexibility index (Phi) is 3.52. The third-order valence-corrected chi connectivity index (χ3v) is 4.91. The number of aromatic nitrogens is 3. The summed E-state index contributed by atoms with van der Waals surface area (Å²) >= 11 is 5.15. The van der Waals surface area contributed by atoms with Gasteiger partial charge in [0, 0.05) is 29.3 Å². The second-order valence-electron chi connectivity index (χ2n) is 4.76. The molecular weight excluding hydrogens is 336 g/mol. The van der Waals surface area contributed by atoms with Crippen LogP contribution in [0.25, 0.3) is 10.2 Å². The summed E-state index contributed by atoms with van der Waals surface area (Å²) in [5.74, 6) is 0. The molecule has 0 unspecified atom stereocenters. The number of nitrogens with zero attached hydrogens (tertiary/aromatic N) is 3. The van der Waals surface area contributed by atoms with Gasteiger partial charge in [-0.25, -0.2) is 4.98 Å². The van der Waals surface area contributed by atoms with E-state index in [1.165, 1.54) is 16.0 Å². The van der Waals surface area contributed by atoms with Gasteiger partial charge in [0.15, 0.2) is 5.13 Å². The fraction of sp³-hybridized carbons (Fsp3) is 0.286. The highest BCUT2D eigenvalue weighted by molar-refractivity contribution is 9.10. The van der Waals surface area contributed by atoms with Crippen LogP contribution in [0.5, 0.6) is 0 Å². The summed E-state index contributed by atoms with van der Waals surface area (Å²) in [4.78, 5) is 4.60. The van der Waals surface area contributed by atoms with Gasteiger partial charge >= 0.3 is 0 Å². The average Bonchev–Trinajstić information content (AvgIpc) is 2.89. The molecule has 4 nitrogen and oxygen atoms in total. The number of hydrogen-bond donors (Lipinski definition) is 1. The van der Waals surface area contributed by atoms with Gasteiger partial charge in [0.2, 0.25) is 0 Å². The molecule has 0 bridgehead atoms. The zero-order valence-electron chi connectivity index (χ0n) is 11.6. The molecule has 0 aliphatic carbocycles. The average molecular weight is 351 g/mol. The lowest BCUT2D eigenvalue weighted by atomic mass is 10.2. The van der Waals surface area contributed by atoms with Crippen molar-refractivity contribution >= 4 is 42.6 Å². The Morgan fingerprint density at radius 1 is 1.35 bits per heavy atom. The maximum atomic E-state index is 4.60. The van der Waals surface area contributed by atoms with E-state index in [2.05, 4.69) is 44.3 Å². The Morgan fingerprint density at radius 2 is 2.15 bits per heavy atom. The van der Waals surface area contributed by atoms with Gasteiger partial charge in [-0.2, -0.15) is 5.10 Å². The predicted octanol–water partition coefficient (Wildman–Crippen LogP) is 4.02. The maximum absolute atomic E-state index is 4.60. The van der Waals surface area contributed by atoms with Crippen LogP contribution in [0, 0.1) is 13.8 Å². The summed E-state index contributed by atoms with van der Waals surface area (Å²) in [6, 6.07) is 6.17. The van der Waals surface area contributed by atoms with Crippen molar-refractivity contribution in [1.82, 2.24) is 14.8 Å². The molecule has 1 N–H and O–H groups in total. The van der Waals surface area contributed by atoms with Crippen LogP contribution in [0.1, 0.15) is 17.0 Å². The second-order valence-corrected chi connectivity index (χ2v) is 6.70. The lowest BCUT2D eigenvalue weighted by Crippen LogP contribution is -2.01. The first-order chi connectivity index (χ1) is 9.54. The first-order valence-electron chi connectivity index (χ1n) is 6.33. The number of rotatable bonds is 3. The second kappa shape index (κ2) is 5.18. The van der Waals surface area contributed by atoms with Gasteiger partial charge in [0.1, 0.15) is 0 Å². The van der Waals surface area contributed by atoms with Crippen molar-refractivity contribution in [3.63, 3.8) is 0 Å². The van der Waals surface area contributed by atoms with Crippen molar-refractivity contribution in [2.75, 3.05) is 5.32 Å². The quantitative estimate of drug-likeness (QED) is 0.775. The smallest absolute Gasteiger partial charge is 0.184 e. The Balaban J connectivity index is 1.83. The zero-order valence-corrected chi connectivity index (χ0v) is 14.0. The van der Waals surface area contributed by atoms with E-state index in [-0.39, 0.29) is 0 Å². The molecule has 0 amide bonds. The molecule has 0 saturated carbocycles. The minimum atomic E-state index is 0.756. The van der Waals surface area contributed by atoms with Crippen molar-refractivity contribution in [1.29, 1.82) is 0 Å². The van der Waals surface area contributed by atoms with E-state index in [1.54, 1.807) is 11.3 Å². The van der Waals surface area contributed by atoms with Crippen molar-refractivity contribution in [2.24, 2.45) is 7.05 Å². The molecular formula is C14H15BrN4S. The molecule has 0 radical (unpaired) electrons. The molecule has 0 aliphatic heterocycles. The molecule has 104 valence electrons. The van der Waals surface area contributed by atoms with Crippen LogP contribution in [-0.4, -0.2) is 14.8 Å². The molecule has 0 fully saturated rings. The van der Waals surface area contributed by atoms with Crippen LogP contribution in [0.3, 0.4) is 0 Å². The van der Waals surface area contributed by atoms with Crippen LogP contribution < -0.4 is 5.32 Å². The van der Waals surface area contributed by atoms with Gasteiger partial charge in [0.05, 0.1) is 15.9 Å². The monoisotopic (exact) mass is 350 g/mol. The van der Waals surface area contributed by atoms with E-state index < -0.39 is 0 Å². The van der Waals surface area contributed by atoms with Gasteiger partial charge in [-0.15, -0.1) is 0 Å². The number of benzene rings is 1. The van der Waals surface area contributed by atoms with E-state index >= 15 is 0 Å². The van der Waals surface area contributed by atoms with E-state index in [9.17, 15) is 0 Å². The van der Waals surface area contributed by atoms with Crippen molar-refractivity contribution < 1.29 is 0 Å². The molecule has 20 heavy (non-hydrogen) atoms. The Hall–Kier alpha value is -1.40. The number of fused-ring (bicyclic) bond motifs is 1. The number of hydrogen-bond acceptors (Lipinski definition) is 4. The predicted molar refractivity (Wildman–Crippen MR) is 87.3 cm³/mol.